The largest absolute Gasteiger partial charge is 0.212 e. The summed E-state index contributed by atoms with van der Waals surface area (Å²) in [4.78, 5) is 0. The predicted octanol–water partition coefficient (Wildman–Crippen LogP) is 7.34. The number of rotatable bonds is 13. The normalized spacial score (nSPS) is 18.5. The molecule has 0 spiro atoms. The van der Waals surface area contributed by atoms with Crippen LogP contribution < -0.4 is 0 Å². The standard InChI is InChI=1S/C19H35F/c1-2-3-4-5-6-7-8-9-10-11-12-13-14-18-15-16-19(20)17-18/h17-18H,2-16H2,1H3. The Morgan fingerprint density at radius 3 is 1.80 bits per heavy atom. The van der Waals surface area contributed by atoms with Crippen LogP contribution in [0.15, 0.2) is 11.9 Å². The SMILES string of the molecule is CCCCCCCCCCCCCCC1C=C(F)CC1. The van der Waals surface area contributed by atoms with Crippen LogP contribution in [0.3, 0.4) is 0 Å². The number of hydrogen-bond acceptors (Lipinski definition) is 0. The zero-order valence-electron chi connectivity index (χ0n) is 13.6. The molecule has 0 nitrogen and oxygen atoms in total. The minimum absolute atomic E-state index is 0.133. The van der Waals surface area contributed by atoms with Crippen molar-refractivity contribution in [2.75, 3.05) is 0 Å². The first kappa shape index (κ1) is 17.7. The minimum atomic E-state index is 0.133. The van der Waals surface area contributed by atoms with E-state index in [9.17, 15) is 4.39 Å². The lowest BCUT2D eigenvalue weighted by molar-refractivity contribution is 0.501. The Balaban J connectivity index is 1.72. The van der Waals surface area contributed by atoms with Crippen molar-refractivity contribution < 1.29 is 4.39 Å². The fourth-order valence-electron chi connectivity index (χ4n) is 3.22. The van der Waals surface area contributed by atoms with Gasteiger partial charge in [-0.3, -0.25) is 0 Å². The monoisotopic (exact) mass is 282 g/mol. The fraction of sp³-hybridized carbons (Fsp3) is 0.895. The third kappa shape index (κ3) is 9.55. The Bertz CT molecular complexity index is 244. The third-order valence-corrected chi connectivity index (χ3v) is 4.60. The van der Waals surface area contributed by atoms with Gasteiger partial charge < -0.3 is 0 Å². The van der Waals surface area contributed by atoms with Gasteiger partial charge in [0.1, 0.15) is 0 Å². The van der Waals surface area contributed by atoms with Crippen LogP contribution in [0.2, 0.25) is 0 Å². The molecular formula is C19H35F. The Morgan fingerprint density at radius 2 is 1.35 bits per heavy atom. The molecule has 0 N–H and O–H groups in total. The van der Waals surface area contributed by atoms with Crippen LogP contribution in [-0.2, 0) is 0 Å². The Morgan fingerprint density at radius 1 is 0.850 bits per heavy atom. The molecule has 1 unspecified atom stereocenters. The van der Waals surface area contributed by atoms with Crippen molar-refractivity contribution in [1.82, 2.24) is 0 Å². The lowest BCUT2D eigenvalue weighted by Gasteiger charge is -2.06. The summed E-state index contributed by atoms with van der Waals surface area (Å²) < 4.78 is 12.9. The number of unbranched alkanes of at least 4 members (excludes halogenated alkanes) is 11. The topological polar surface area (TPSA) is 0 Å². The number of allylic oxidation sites excluding steroid dienone is 2. The predicted molar refractivity (Wildman–Crippen MR) is 87.6 cm³/mol. The summed E-state index contributed by atoms with van der Waals surface area (Å²) >= 11 is 0. The summed E-state index contributed by atoms with van der Waals surface area (Å²) in [6.07, 6.45) is 21.7. The molecule has 1 rings (SSSR count). The third-order valence-electron chi connectivity index (χ3n) is 4.60. The van der Waals surface area contributed by atoms with Crippen molar-refractivity contribution in [2.24, 2.45) is 5.92 Å². The van der Waals surface area contributed by atoms with Gasteiger partial charge in [0, 0.05) is 0 Å². The molecule has 20 heavy (non-hydrogen) atoms. The highest BCUT2D eigenvalue weighted by Gasteiger charge is 2.14. The molecule has 0 fully saturated rings. The highest BCUT2D eigenvalue weighted by Crippen LogP contribution is 2.28. The van der Waals surface area contributed by atoms with E-state index >= 15 is 0 Å². The maximum Gasteiger partial charge on any atom is 0.0962 e. The van der Waals surface area contributed by atoms with Crippen LogP contribution in [0.5, 0.6) is 0 Å². The first-order valence-electron chi connectivity index (χ1n) is 9.19. The molecule has 1 aliphatic rings. The summed E-state index contributed by atoms with van der Waals surface area (Å²) in [5.74, 6) is 0.687. The molecule has 0 saturated carbocycles. The van der Waals surface area contributed by atoms with Gasteiger partial charge >= 0.3 is 0 Å². The van der Waals surface area contributed by atoms with Gasteiger partial charge in [0.2, 0.25) is 0 Å². The first-order chi connectivity index (χ1) is 9.83. The molecule has 0 aromatic heterocycles. The lowest BCUT2D eigenvalue weighted by atomic mass is 9.99. The van der Waals surface area contributed by atoms with Crippen LogP contribution in [0.4, 0.5) is 4.39 Å². The molecular weight excluding hydrogens is 247 g/mol. The van der Waals surface area contributed by atoms with Crippen LogP contribution in [0, 0.1) is 5.92 Å². The van der Waals surface area contributed by atoms with E-state index in [1.807, 2.05) is 6.08 Å². The van der Waals surface area contributed by atoms with E-state index in [2.05, 4.69) is 6.92 Å². The van der Waals surface area contributed by atoms with Crippen LogP contribution in [0.25, 0.3) is 0 Å². The highest BCUT2D eigenvalue weighted by molar-refractivity contribution is 5.02. The molecule has 1 atom stereocenters. The zero-order chi connectivity index (χ0) is 14.5. The molecule has 0 radical (unpaired) electrons. The second-order valence-corrected chi connectivity index (χ2v) is 6.59. The molecule has 0 aromatic carbocycles. The lowest BCUT2D eigenvalue weighted by Crippen LogP contribution is -1.91. The molecule has 0 amide bonds. The summed E-state index contributed by atoms with van der Waals surface area (Å²) in [5.41, 5.74) is 0. The maximum atomic E-state index is 12.9. The summed E-state index contributed by atoms with van der Waals surface area (Å²) in [7, 11) is 0. The maximum absolute atomic E-state index is 12.9. The molecule has 0 aliphatic heterocycles. The Kier molecular flexibility index (Phi) is 11.0. The zero-order valence-corrected chi connectivity index (χ0v) is 13.6. The van der Waals surface area contributed by atoms with Crippen molar-refractivity contribution in [3.8, 4) is 0 Å². The van der Waals surface area contributed by atoms with Crippen molar-refractivity contribution in [1.29, 1.82) is 0 Å². The number of halogens is 1. The van der Waals surface area contributed by atoms with Gasteiger partial charge in [-0.15, -0.1) is 0 Å². The summed E-state index contributed by atoms with van der Waals surface area (Å²) in [6.45, 7) is 2.28. The smallest absolute Gasteiger partial charge is 0.0962 e. The van der Waals surface area contributed by atoms with Gasteiger partial charge in [0.25, 0.3) is 0 Å². The molecule has 1 aliphatic carbocycles. The Hall–Kier alpha value is -0.330. The second kappa shape index (κ2) is 12.4. The van der Waals surface area contributed by atoms with E-state index in [0.29, 0.717) is 12.3 Å². The molecule has 0 aromatic rings. The average molecular weight is 282 g/mol. The molecule has 1 heteroatoms. The van der Waals surface area contributed by atoms with Gasteiger partial charge in [0.15, 0.2) is 0 Å². The van der Waals surface area contributed by atoms with Gasteiger partial charge in [-0.2, -0.15) is 0 Å². The van der Waals surface area contributed by atoms with E-state index in [0.717, 1.165) is 6.42 Å². The van der Waals surface area contributed by atoms with Crippen LogP contribution in [0.1, 0.15) is 103 Å². The summed E-state index contributed by atoms with van der Waals surface area (Å²) in [5, 5.41) is 0. The second-order valence-electron chi connectivity index (χ2n) is 6.59. The van der Waals surface area contributed by atoms with E-state index < -0.39 is 0 Å². The van der Waals surface area contributed by atoms with Crippen LogP contribution >= 0.6 is 0 Å². The molecule has 0 saturated heterocycles. The highest BCUT2D eigenvalue weighted by atomic mass is 19.1. The van der Waals surface area contributed by atoms with Gasteiger partial charge in [-0.05, 0) is 31.3 Å². The Labute approximate surface area is 126 Å². The number of hydrogen-bond donors (Lipinski definition) is 0. The van der Waals surface area contributed by atoms with Crippen molar-refractivity contribution in [3.05, 3.63) is 11.9 Å². The quantitative estimate of drug-likeness (QED) is 0.310. The average Bonchev–Trinajstić information content (AvgIpc) is 2.86. The molecule has 118 valence electrons. The van der Waals surface area contributed by atoms with Gasteiger partial charge in [-0.25, -0.2) is 4.39 Å². The minimum Gasteiger partial charge on any atom is -0.212 e. The molecule has 0 heterocycles. The fourth-order valence-corrected chi connectivity index (χ4v) is 3.22. The van der Waals surface area contributed by atoms with Gasteiger partial charge in [-0.1, -0.05) is 84.0 Å². The van der Waals surface area contributed by atoms with Gasteiger partial charge in [0.05, 0.1) is 5.83 Å². The van der Waals surface area contributed by atoms with Crippen molar-refractivity contribution >= 4 is 0 Å². The van der Waals surface area contributed by atoms with Crippen molar-refractivity contribution in [3.63, 3.8) is 0 Å². The summed E-state index contributed by atoms with van der Waals surface area (Å²) in [6, 6.07) is 0. The van der Waals surface area contributed by atoms with E-state index in [1.54, 1.807) is 0 Å². The van der Waals surface area contributed by atoms with E-state index in [-0.39, 0.29) is 5.83 Å². The van der Waals surface area contributed by atoms with Crippen molar-refractivity contribution in [2.45, 2.75) is 103 Å². The first-order valence-corrected chi connectivity index (χ1v) is 9.19. The van der Waals surface area contributed by atoms with E-state index in [1.165, 1.54) is 83.5 Å². The molecule has 0 bridgehead atoms. The van der Waals surface area contributed by atoms with E-state index in [4.69, 9.17) is 0 Å². The van der Waals surface area contributed by atoms with Crippen LogP contribution in [-0.4, -0.2) is 0 Å².